The van der Waals surface area contributed by atoms with Gasteiger partial charge in [-0.1, -0.05) is 33.1 Å². The van der Waals surface area contributed by atoms with Crippen LogP contribution in [0, 0.1) is 17.8 Å². The third-order valence-corrected chi connectivity index (χ3v) is 4.30. The Bertz CT molecular complexity index is 299. The van der Waals surface area contributed by atoms with Crippen LogP contribution in [0.1, 0.15) is 52.9 Å². The topological polar surface area (TPSA) is 66.4 Å². The van der Waals surface area contributed by atoms with Crippen LogP contribution in [0.4, 0.5) is 0 Å². The molecule has 0 aromatic heterocycles. The van der Waals surface area contributed by atoms with Gasteiger partial charge in [-0.3, -0.25) is 9.59 Å². The van der Waals surface area contributed by atoms with Crippen molar-refractivity contribution in [2.45, 2.75) is 58.9 Å². The van der Waals surface area contributed by atoms with Crippen LogP contribution in [0.2, 0.25) is 0 Å². The van der Waals surface area contributed by atoms with Gasteiger partial charge in [0, 0.05) is 6.04 Å². The molecule has 1 aliphatic rings. The van der Waals surface area contributed by atoms with E-state index in [1.807, 2.05) is 6.92 Å². The van der Waals surface area contributed by atoms with Crippen LogP contribution in [0.15, 0.2) is 0 Å². The van der Waals surface area contributed by atoms with Gasteiger partial charge in [0.15, 0.2) is 0 Å². The Morgan fingerprint density at radius 1 is 1.22 bits per heavy atom. The van der Waals surface area contributed by atoms with Crippen LogP contribution in [0.25, 0.3) is 0 Å². The fourth-order valence-corrected chi connectivity index (χ4v) is 3.01. The molecule has 0 aromatic rings. The highest BCUT2D eigenvalue weighted by Gasteiger charge is 2.38. The molecule has 0 aromatic carbocycles. The van der Waals surface area contributed by atoms with E-state index < -0.39 is 11.9 Å². The normalized spacial score (nSPS) is 25.1. The van der Waals surface area contributed by atoms with E-state index in [0.29, 0.717) is 18.8 Å². The number of carboxylic acid groups (broad SMARTS) is 1. The highest BCUT2D eigenvalue weighted by atomic mass is 16.4. The van der Waals surface area contributed by atoms with Crippen molar-refractivity contribution < 1.29 is 14.7 Å². The van der Waals surface area contributed by atoms with Crippen molar-refractivity contribution >= 4 is 11.9 Å². The van der Waals surface area contributed by atoms with Crippen molar-refractivity contribution in [1.29, 1.82) is 0 Å². The largest absolute Gasteiger partial charge is 0.481 e. The minimum atomic E-state index is -0.831. The molecule has 0 heterocycles. The standard InChI is InChI=1S/C14H25NO3/c1-4-10(5-2)9(3)15-13(16)11-7-6-8-12(11)14(17)18/h9-12H,4-8H2,1-3H3,(H,15,16)(H,17,18)/t9?,11-,12+/m1/s1. The Balaban J connectivity index is 2.57. The van der Waals surface area contributed by atoms with Crippen molar-refractivity contribution in [2.75, 3.05) is 0 Å². The molecule has 1 fully saturated rings. The second-order valence-electron chi connectivity index (χ2n) is 5.36. The second kappa shape index (κ2) is 6.76. The van der Waals surface area contributed by atoms with E-state index >= 15 is 0 Å². The molecule has 1 saturated carbocycles. The molecule has 4 nitrogen and oxygen atoms in total. The average molecular weight is 255 g/mol. The zero-order valence-electron chi connectivity index (χ0n) is 11.6. The predicted octanol–water partition coefficient (Wildman–Crippen LogP) is 2.43. The third kappa shape index (κ3) is 3.47. The van der Waals surface area contributed by atoms with Gasteiger partial charge in [0.2, 0.25) is 5.91 Å². The zero-order valence-corrected chi connectivity index (χ0v) is 11.6. The molecule has 2 N–H and O–H groups in total. The molecule has 1 rings (SSSR count). The van der Waals surface area contributed by atoms with Crippen molar-refractivity contribution in [2.24, 2.45) is 17.8 Å². The Morgan fingerprint density at radius 2 is 1.78 bits per heavy atom. The SMILES string of the molecule is CCC(CC)C(C)NC(=O)[C@@H]1CCC[C@@H]1C(=O)O. The summed E-state index contributed by atoms with van der Waals surface area (Å²) in [6.07, 6.45) is 4.25. The second-order valence-corrected chi connectivity index (χ2v) is 5.36. The van der Waals surface area contributed by atoms with Crippen LogP contribution in [0.5, 0.6) is 0 Å². The van der Waals surface area contributed by atoms with Gasteiger partial charge in [0.25, 0.3) is 0 Å². The van der Waals surface area contributed by atoms with E-state index in [9.17, 15) is 9.59 Å². The number of aliphatic carboxylic acids is 1. The van der Waals surface area contributed by atoms with Crippen molar-refractivity contribution in [3.05, 3.63) is 0 Å². The molecule has 4 heteroatoms. The third-order valence-electron chi connectivity index (χ3n) is 4.30. The van der Waals surface area contributed by atoms with Gasteiger partial charge in [0.05, 0.1) is 11.8 Å². The molecule has 3 atom stereocenters. The van der Waals surface area contributed by atoms with E-state index in [4.69, 9.17) is 5.11 Å². The summed E-state index contributed by atoms with van der Waals surface area (Å²) in [6, 6.07) is 0.127. The molecular formula is C14H25NO3. The Morgan fingerprint density at radius 3 is 2.28 bits per heavy atom. The van der Waals surface area contributed by atoms with Crippen LogP contribution in [-0.4, -0.2) is 23.0 Å². The number of nitrogens with one attached hydrogen (secondary N) is 1. The van der Waals surface area contributed by atoms with Gasteiger partial charge < -0.3 is 10.4 Å². The summed E-state index contributed by atoms with van der Waals surface area (Å²) in [4.78, 5) is 23.2. The number of carbonyl (C=O) groups excluding carboxylic acids is 1. The number of amides is 1. The van der Waals surface area contributed by atoms with Crippen LogP contribution in [0.3, 0.4) is 0 Å². The monoisotopic (exact) mass is 255 g/mol. The lowest BCUT2D eigenvalue weighted by atomic mass is 9.92. The maximum absolute atomic E-state index is 12.1. The first-order valence-electron chi connectivity index (χ1n) is 7.04. The molecule has 0 radical (unpaired) electrons. The molecule has 0 bridgehead atoms. The van der Waals surface area contributed by atoms with Crippen LogP contribution < -0.4 is 5.32 Å². The quantitative estimate of drug-likeness (QED) is 0.766. The molecule has 1 aliphatic carbocycles. The van der Waals surface area contributed by atoms with Crippen LogP contribution >= 0.6 is 0 Å². The fraction of sp³-hybridized carbons (Fsp3) is 0.857. The van der Waals surface area contributed by atoms with Gasteiger partial charge in [0.1, 0.15) is 0 Å². The summed E-state index contributed by atoms with van der Waals surface area (Å²) >= 11 is 0. The van der Waals surface area contributed by atoms with Gasteiger partial charge in [-0.05, 0) is 25.7 Å². The van der Waals surface area contributed by atoms with Gasteiger partial charge in [-0.25, -0.2) is 0 Å². The van der Waals surface area contributed by atoms with Crippen molar-refractivity contribution in [3.63, 3.8) is 0 Å². The summed E-state index contributed by atoms with van der Waals surface area (Å²) in [5.74, 6) is -1.25. The highest BCUT2D eigenvalue weighted by molar-refractivity contribution is 5.85. The summed E-state index contributed by atoms with van der Waals surface area (Å²) in [7, 11) is 0. The number of rotatable bonds is 6. The Kier molecular flexibility index (Phi) is 5.63. The van der Waals surface area contributed by atoms with Gasteiger partial charge >= 0.3 is 5.97 Å². The number of hydrogen-bond acceptors (Lipinski definition) is 2. The van der Waals surface area contributed by atoms with E-state index in [1.165, 1.54) is 0 Å². The minimum Gasteiger partial charge on any atom is -0.481 e. The molecule has 1 unspecified atom stereocenters. The summed E-state index contributed by atoms with van der Waals surface area (Å²) in [5, 5.41) is 12.1. The zero-order chi connectivity index (χ0) is 13.7. The summed E-state index contributed by atoms with van der Waals surface area (Å²) in [6.45, 7) is 6.25. The number of carbonyl (C=O) groups is 2. The maximum Gasteiger partial charge on any atom is 0.307 e. The predicted molar refractivity (Wildman–Crippen MR) is 70.1 cm³/mol. The highest BCUT2D eigenvalue weighted by Crippen LogP contribution is 2.32. The van der Waals surface area contributed by atoms with Gasteiger partial charge in [-0.15, -0.1) is 0 Å². The fourth-order valence-electron chi connectivity index (χ4n) is 3.01. The van der Waals surface area contributed by atoms with Gasteiger partial charge in [-0.2, -0.15) is 0 Å². The molecule has 104 valence electrons. The Hall–Kier alpha value is -1.06. The van der Waals surface area contributed by atoms with Crippen LogP contribution in [-0.2, 0) is 9.59 Å². The van der Waals surface area contributed by atoms with Crippen molar-refractivity contribution in [1.82, 2.24) is 5.32 Å². The van der Waals surface area contributed by atoms with E-state index in [0.717, 1.165) is 19.3 Å². The lowest BCUT2D eigenvalue weighted by Gasteiger charge is -2.25. The van der Waals surface area contributed by atoms with E-state index in [2.05, 4.69) is 19.2 Å². The first kappa shape index (κ1) is 15.0. The first-order chi connectivity index (χ1) is 8.51. The summed E-state index contributed by atoms with van der Waals surface area (Å²) in [5.41, 5.74) is 0. The molecule has 1 amide bonds. The number of hydrogen-bond donors (Lipinski definition) is 2. The Labute approximate surface area is 109 Å². The first-order valence-corrected chi connectivity index (χ1v) is 7.04. The number of carboxylic acids is 1. The molecule has 0 saturated heterocycles. The smallest absolute Gasteiger partial charge is 0.307 e. The maximum atomic E-state index is 12.1. The molecular weight excluding hydrogens is 230 g/mol. The lowest BCUT2D eigenvalue weighted by Crippen LogP contribution is -2.43. The van der Waals surface area contributed by atoms with Crippen molar-refractivity contribution in [3.8, 4) is 0 Å². The molecule has 18 heavy (non-hydrogen) atoms. The lowest BCUT2D eigenvalue weighted by molar-refractivity contribution is -0.146. The minimum absolute atomic E-state index is 0.0701. The molecule has 0 spiro atoms. The van der Waals surface area contributed by atoms with E-state index in [1.54, 1.807) is 0 Å². The average Bonchev–Trinajstić information content (AvgIpc) is 2.79. The molecule has 0 aliphatic heterocycles. The van der Waals surface area contributed by atoms with E-state index in [-0.39, 0.29) is 17.9 Å². The summed E-state index contributed by atoms with van der Waals surface area (Å²) < 4.78 is 0.